The third kappa shape index (κ3) is 2.84. The van der Waals surface area contributed by atoms with Gasteiger partial charge in [-0.25, -0.2) is 4.39 Å². The first kappa shape index (κ1) is 14.5. The van der Waals surface area contributed by atoms with Crippen LogP contribution in [0.25, 0.3) is 0 Å². The van der Waals surface area contributed by atoms with Crippen molar-refractivity contribution in [3.05, 3.63) is 59.4 Å². The van der Waals surface area contributed by atoms with E-state index in [0.29, 0.717) is 11.3 Å². The van der Waals surface area contributed by atoms with Crippen LogP contribution in [0.15, 0.2) is 42.5 Å². The third-order valence-corrected chi connectivity index (χ3v) is 3.18. The summed E-state index contributed by atoms with van der Waals surface area (Å²) in [4.78, 5) is 13.9. The highest BCUT2D eigenvalue weighted by Crippen LogP contribution is 2.23. The highest BCUT2D eigenvalue weighted by molar-refractivity contribution is 6.09. The van der Waals surface area contributed by atoms with Crippen molar-refractivity contribution >= 4 is 17.3 Å². The number of para-hydroxylation sites is 1. The van der Waals surface area contributed by atoms with E-state index in [1.54, 1.807) is 44.4 Å². The lowest BCUT2D eigenvalue weighted by Gasteiger charge is -2.19. The van der Waals surface area contributed by atoms with Crippen molar-refractivity contribution in [1.29, 1.82) is 5.26 Å². The molecule has 21 heavy (non-hydrogen) atoms. The van der Waals surface area contributed by atoms with Gasteiger partial charge < -0.3 is 10.2 Å². The summed E-state index contributed by atoms with van der Waals surface area (Å²) >= 11 is 0. The van der Waals surface area contributed by atoms with Gasteiger partial charge in [0.05, 0.1) is 22.9 Å². The maximum Gasteiger partial charge on any atom is 0.260 e. The van der Waals surface area contributed by atoms with Gasteiger partial charge in [-0.2, -0.15) is 5.26 Å². The van der Waals surface area contributed by atoms with Crippen molar-refractivity contribution in [2.75, 3.05) is 24.3 Å². The summed E-state index contributed by atoms with van der Waals surface area (Å²) in [5.74, 6) is -0.805. The van der Waals surface area contributed by atoms with Gasteiger partial charge in [0, 0.05) is 19.8 Å². The van der Waals surface area contributed by atoms with E-state index in [4.69, 9.17) is 5.26 Å². The van der Waals surface area contributed by atoms with E-state index >= 15 is 0 Å². The number of hydrogen-bond acceptors (Lipinski definition) is 3. The van der Waals surface area contributed by atoms with Gasteiger partial charge in [-0.15, -0.1) is 0 Å². The fourth-order valence-electron chi connectivity index (χ4n) is 2.01. The van der Waals surface area contributed by atoms with Gasteiger partial charge in [-0.05, 0) is 36.4 Å². The standard InChI is InChI=1S/C16H14FN3O/c1-19-15-13(4-3-5-14(15)17)16(21)20(2)12-8-6-11(10-18)7-9-12/h3-9,19H,1-2H3. The Bertz CT molecular complexity index is 704. The predicted octanol–water partition coefficient (Wildman–Crippen LogP) is 3.02. The average Bonchev–Trinajstić information content (AvgIpc) is 2.53. The molecule has 0 atom stereocenters. The van der Waals surface area contributed by atoms with E-state index in [-0.39, 0.29) is 17.2 Å². The van der Waals surface area contributed by atoms with Crippen LogP contribution in [0.5, 0.6) is 0 Å². The number of anilines is 2. The van der Waals surface area contributed by atoms with Gasteiger partial charge in [-0.1, -0.05) is 6.07 Å². The van der Waals surface area contributed by atoms with Gasteiger partial charge in [0.2, 0.25) is 0 Å². The summed E-state index contributed by atoms with van der Waals surface area (Å²) in [5, 5.41) is 11.5. The van der Waals surface area contributed by atoms with E-state index in [2.05, 4.69) is 5.32 Å². The Kier molecular flexibility index (Phi) is 4.19. The molecule has 4 nitrogen and oxygen atoms in total. The molecular weight excluding hydrogens is 269 g/mol. The largest absolute Gasteiger partial charge is 0.385 e. The van der Waals surface area contributed by atoms with E-state index in [0.717, 1.165) is 0 Å². The molecule has 1 N–H and O–H groups in total. The average molecular weight is 283 g/mol. The Hall–Kier alpha value is -2.87. The summed E-state index contributed by atoms with van der Waals surface area (Å²) in [5.41, 5.74) is 1.57. The van der Waals surface area contributed by atoms with Gasteiger partial charge in [0.1, 0.15) is 5.82 Å². The molecule has 0 saturated carbocycles. The first-order chi connectivity index (χ1) is 10.1. The molecule has 0 bridgehead atoms. The highest BCUT2D eigenvalue weighted by Gasteiger charge is 2.18. The van der Waals surface area contributed by atoms with Crippen LogP contribution in [-0.4, -0.2) is 20.0 Å². The summed E-state index contributed by atoms with van der Waals surface area (Å²) in [6.45, 7) is 0. The molecule has 0 spiro atoms. The van der Waals surface area contributed by atoms with E-state index in [9.17, 15) is 9.18 Å². The maximum absolute atomic E-state index is 13.7. The van der Waals surface area contributed by atoms with Gasteiger partial charge in [0.25, 0.3) is 5.91 Å². The normalized spacial score (nSPS) is 9.81. The number of carbonyl (C=O) groups excluding carboxylic acids is 1. The zero-order valence-corrected chi connectivity index (χ0v) is 11.7. The van der Waals surface area contributed by atoms with Crippen molar-refractivity contribution in [3.63, 3.8) is 0 Å². The Morgan fingerprint density at radius 3 is 2.48 bits per heavy atom. The summed E-state index contributed by atoms with van der Waals surface area (Å²) in [6.07, 6.45) is 0. The Morgan fingerprint density at radius 1 is 1.24 bits per heavy atom. The lowest BCUT2D eigenvalue weighted by atomic mass is 10.1. The number of nitrogens with one attached hydrogen (secondary N) is 1. The number of hydrogen-bond donors (Lipinski definition) is 1. The number of nitrogens with zero attached hydrogens (tertiary/aromatic N) is 2. The van der Waals surface area contributed by atoms with Gasteiger partial charge in [-0.3, -0.25) is 4.79 Å². The van der Waals surface area contributed by atoms with E-state index < -0.39 is 5.82 Å². The molecule has 106 valence electrons. The molecule has 0 saturated heterocycles. The van der Waals surface area contributed by atoms with E-state index in [1.165, 1.54) is 17.0 Å². The summed E-state index contributed by atoms with van der Waals surface area (Å²) < 4.78 is 13.7. The second-order valence-corrected chi connectivity index (χ2v) is 4.44. The number of carbonyl (C=O) groups is 1. The van der Waals surface area contributed by atoms with Crippen molar-refractivity contribution in [2.24, 2.45) is 0 Å². The smallest absolute Gasteiger partial charge is 0.260 e. The van der Waals surface area contributed by atoms with Crippen molar-refractivity contribution in [3.8, 4) is 6.07 Å². The predicted molar refractivity (Wildman–Crippen MR) is 79.8 cm³/mol. The molecule has 0 aliphatic carbocycles. The number of halogens is 1. The second kappa shape index (κ2) is 6.06. The van der Waals surface area contributed by atoms with Crippen LogP contribution < -0.4 is 10.2 Å². The highest BCUT2D eigenvalue weighted by atomic mass is 19.1. The summed E-state index contributed by atoms with van der Waals surface area (Å²) in [7, 11) is 3.17. The number of amides is 1. The number of benzene rings is 2. The fourth-order valence-corrected chi connectivity index (χ4v) is 2.01. The molecule has 2 aromatic rings. The van der Waals surface area contributed by atoms with Crippen molar-refractivity contribution in [2.45, 2.75) is 0 Å². The molecule has 0 heterocycles. The molecule has 0 aromatic heterocycles. The zero-order valence-electron chi connectivity index (χ0n) is 11.7. The Morgan fingerprint density at radius 2 is 1.90 bits per heavy atom. The van der Waals surface area contributed by atoms with Crippen LogP contribution >= 0.6 is 0 Å². The van der Waals surface area contributed by atoms with Crippen LogP contribution in [0, 0.1) is 17.1 Å². The first-order valence-corrected chi connectivity index (χ1v) is 6.33. The molecule has 0 unspecified atom stereocenters. The van der Waals surface area contributed by atoms with Crippen LogP contribution in [0.2, 0.25) is 0 Å². The van der Waals surface area contributed by atoms with Crippen LogP contribution in [0.3, 0.4) is 0 Å². The van der Waals surface area contributed by atoms with E-state index in [1.807, 2.05) is 6.07 Å². The third-order valence-electron chi connectivity index (χ3n) is 3.18. The van der Waals surface area contributed by atoms with Crippen LogP contribution in [0.1, 0.15) is 15.9 Å². The molecule has 2 rings (SSSR count). The quantitative estimate of drug-likeness (QED) is 0.942. The van der Waals surface area contributed by atoms with Crippen LogP contribution in [0.4, 0.5) is 15.8 Å². The Labute approximate surface area is 122 Å². The maximum atomic E-state index is 13.7. The topological polar surface area (TPSA) is 56.1 Å². The van der Waals surface area contributed by atoms with Crippen LogP contribution in [-0.2, 0) is 0 Å². The Balaban J connectivity index is 2.35. The first-order valence-electron chi connectivity index (χ1n) is 6.33. The molecule has 2 aromatic carbocycles. The lowest BCUT2D eigenvalue weighted by molar-refractivity contribution is 0.0993. The molecule has 0 radical (unpaired) electrons. The van der Waals surface area contributed by atoms with Crippen molar-refractivity contribution < 1.29 is 9.18 Å². The SMILES string of the molecule is CNc1c(F)cccc1C(=O)N(C)c1ccc(C#N)cc1. The zero-order chi connectivity index (χ0) is 15.4. The number of rotatable bonds is 3. The van der Waals surface area contributed by atoms with Crippen molar-refractivity contribution in [1.82, 2.24) is 0 Å². The molecular formula is C16H14FN3O. The molecule has 0 fully saturated rings. The molecule has 0 aliphatic heterocycles. The minimum absolute atomic E-state index is 0.169. The van der Waals surface area contributed by atoms with Gasteiger partial charge >= 0.3 is 0 Å². The second-order valence-electron chi connectivity index (χ2n) is 4.44. The monoisotopic (exact) mass is 283 g/mol. The van der Waals surface area contributed by atoms with Gasteiger partial charge in [0.15, 0.2) is 0 Å². The minimum atomic E-state index is -0.475. The minimum Gasteiger partial charge on any atom is -0.385 e. The fraction of sp³-hybridized carbons (Fsp3) is 0.125. The molecule has 0 aliphatic rings. The lowest BCUT2D eigenvalue weighted by Crippen LogP contribution is -2.27. The molecule has 1 amide bonds. The number of nitriles is 1. The molecule has 5 heteroatoms. The summed E-state index contributed by atoms with van der Waals surface area (Å²) in [6, 6.07) is 13.0.